The smallest absolute Gasteiger partial charge is 0.323 e. The number of halogens is 1. The van der Waals surface area contributed by atoms with Gasteiger partial charge in [0, 0.05) is 0 Å². The minimum atomic E-state index is -3.02. The van der Waals surface area contributed by atoms with Crippen molar-refractivity contribution in [1.82, 2.24) is 19.5 Å². The summed E-state index contributed by atoms with van der Waals surface area (Å²) in [6.45, 7) is 2.32. The summed E-state index contributed by atoms with van der Waals surface area (Å²) in [6, 6.07) is -1.00. The number of carbonyl (C=O) groups is 1. The number of hydrogen-bond donors (Lipinski definition) is 4. The van der Waals surface area contributed by atoms with Gasteiger partial charge in [-0.2, -0.15) is 0 Å². The molecular formula is C17H21FN6O5. The number of anilines is 1. The van der Waals surface area contributed by atoms with Crippen LogP contribution in [0.4, 0.5) is 10.2 Å². The monoisotopic (exact) mass is 408 g/mol. The molecule has 1 saturated heterocycles. The van der Waals surface area contributed by atoms with Crippen LogP contribution in [0.1, 0.15) is 20.1 Å². The van der Waals surface area contributed by atoms with E-state index in [1.54, 1.807) is 13.8 Å². The number of esters is 1. The number of nitrogen functional groups attached to an aromatic ring is 1. The summed E-state index contributed by atoms with van der Waals surface area (Å²) >= 11 is 0. The predicted molar refractivity (Wildman–Crippen MR) is 97.3 cm³/mol. The Hall–Kier alpha value is -2.85. The van der Waals surface area contributed by atoms with Gasteiger partial charge in [0.15, 0.2) is 30.4 Å². The summed E-state index contributed by atoms with van der Waals surface area (Å²) in [6.07, 6.45) is 3.75. The molecule has 6 N–H and O–H groups in total. The van der Waals surface area contributed by atoms with Crippen LogP contribution in [-0.2, 0) is 14.3 Å². The molecule has 29 heavy (non-hydrogen) atoms. The maximum atomic E-state index is 15.4. The van der Waals surface area contributed by atoms with Gasteiger partial charge >= 0.3 is 5.97 Å². The lowest BCUT2D eigenvalue weighted by molar-refractivity contribution is -0.216. The van der Waals surface area contributed by atoms with Crippen molar-refractivity contribution in [3.05, 3.63) is 12.7 Å². The summed E-state index contributed by atoms with van der Waals surface area (Å²) in [4.78, 5) is 23.7. The van der Waals surface area contributed by atoms with Crippen LogP contribution >= 0.6 is 0 Å². The van der Waals surface area contributed by atoms with Gasteiger partial charge in [-0.15, -0.1) is 6.42 Å². The maximum absolute atomic E-state index is 15.4. The number of aliphatic hydroxyl groups is 2. The summed E-state index contributed by atoms with van der Waals surface area (Å²) in [5, 5.41) is 21.2. The molecule has 1 aliphatic rings. The third kappa shape index (κ3) is 3.28. The van der Waals surface area contributed by atoms with E-state index in [0.29, 0.717) is 0 Å². The maximum Gasteiger partial charge on any atom is 0.323 e. The first-order valence-corrected chi connectivity index (χ1v) is 8.65. The average molecular weight is 408 g/mol. The van der Waals surface area contributed by atoms with Gasteiger partial charge in [-0.05, 0) is 5.92 Å². The highest BCUT2D eigenvalue weighted by molar-refractivity contribution is 5.81. The van der Waals surface area contributed by atoms with Crippen molar-refractivity contribution in [2.75, 3.05) is 12.3 Å². The van der Waals surface area contributed by atoms with Crippen molar-refractivity contribution in [2.45, 2.75) is 43.7 Å². The summed E-state index contributed by atoms with van der Waals surface area (Å²) in [7, 11) is 0. The fraction of sp³-hybridized carbons (Fsp3) is 0.529. The van der Waals surface area contributed by atoms with Gasteiger partial charge in [0.05, 0.1) is 6.33 Å². The number of aliphatic hydroxyl groups excluding tert-OH is 1. The number of fused-ring (bicyclic) bond motifs is 1. The van der Waals surface area contributed by atoms with Crippen molar-refractivity contribution in [3.8, 4) is 12.3 Å². The molecule has 3 heterocycles. The van der Waals surface area contributed by atoms with Crippen molar-refractivity contribution in [2.24, 2.45) is 11.7 Å². The molecule has 1 aliphatic heterocycles. The molecule has 2 aromatic heterocycles. The molecule has 0 saturated carbocycles. The van der Waals surface area contributed by atoms with Crippen LogP contribution in [0.2, 0.25) is 0 Å². The second-order valence-corrected chi connectivity index (χ2v) is 7.09. The molecule has 0 amide bonds. The van der Waals surface area contributed by atoms with E-state index in [1.165, 1.54) is 0 Å². The minimum Gasteiger partial charge on any atom is -0.458 e. The normalized spacial score (nSPS) is 30.4. The van der Waals surface area contributed by atoms with E-state index in [4.69, 9.17) is 27.4 Å². The van der Waals surface area contributed by atoms with Crippen LogP contribution in [0, 0.1) is 18.3 Å². The molecule has 3 rings (SSSR count). The van der Waals surface area contributed by atoms with Crippen LogP contribution in [0.25, 0.3) is 11.2 Å². The Bertz CT molecular complexity index is 977. The molecule has 0 spiro atoms. The number of nitrogens with zero attached hydrogens (tertiary/aromatic N) is 4. The van der Waals surface area contributed by atoms with Gasteiger partial charge in [0.1, 0.15) is 17.9 Å². The summed E-state index contributed by atoms with van der Waals surface area (Å²) < 4.78 is 26.6. The zero-order valence-corrected chi connectivity index (χ0v) is 15.7. The Morgan fingerprint density at radius 3 is 2.83 bits per heavy atom. The quantitative estimate of drug-likeness (QED) is 0.350. The van der Waals surface area contributed by atoms with E-state index in [0.717, 1.165) is 17.2 Å². The van der Waals surface area contributed by atoms with Crippen LogP contribution in [0.3, 0.4) is 0 Å². The Balaban J connectivity index is 1.93. The van der Waals surface area contributed by atoms with Crippen molar-refractivity contribution in [1.29, 1.82) is 0 Å². The molecule has 0 aliphatic carbocycles. The standard InChI is InChI=1S/C17H21FN6O5/c1-4-16(27)14(26)17(18,5-28-13(25)9(19)8(2)3)29-15(16)24-7-23-10-11(20)21-6-22-12(10)24/h1,6-9,14-15,26-27H,5,19H2,2-3H3,(H2,20,21,22)/t9?,14-,15+,16+,17+/m0/s1. The van der Waals surface area contributed by atoms with E-state index < -0.39 is 42.4 Å². The topological polar surface area (TPSA) is 172 Å². The highest BCUT2D eigenvalue weighted by Crippen LogP contribution is 2.46. The molecule has 1 unspecified atom stereocenters. The lowest BCUT2D eigenvalue weighted by Crippen LogP contribution is -2.51. The summed E-state index contributed by atoms with van der Waals surface area (Å²) in [5.74, 6) is -2.19. The van der Waals surface area contributed by atoms with Gasteiger partial charge in [0.2, 0.25) is 5.60 Å². The van der Waals surface area contributed by atoms with Crippen molar-refractivity contribution < 1.29 is 28.9 Å². The zero-order valence-electron chi connectivity index (χ0n) is 15.7. The second-order valence-electron chi connectivity index (χ2n) is 7.09. The first kappa shape index (κ1) is 20.9. The predicted octanol–water partition coefficient (Wildman–Crippen LogP) is -1.15. The Labute approximate surface area is 164 Å². The molecule has 0 aromatic carbocycles. The zero-order chi connectivity index (χ0) is 21.6. The molecule has 5 atom stereocenters. The fourth-order valence-corrected chi connectivity index (χ4v) is 2.92. The van der Waals surface area contributed by atoms with Gasteiger partial charge < -0.3 is 31.2 Å². The van der Waals surface area contributed by atoms with Crippen LogP contribution in [0.15, 0.2) is 12.7 Å². The van der Waals surface area contributed by atoms with Gasteiger partial charge in [-0.25, -0.2) is 19.3 Å². The average Bonchev–Trinajstić information content (AvgIpc) is 3.20. The van der Waals surface area contributed by atoms with E-state index in [1.807, 2.05) is 5.92 Å². The van der Waals surface area contributed by atoms with Gasteiger partial charge in [-0.3, -0.25) is 9.36 Å². The van der Waals surface area contributed by atoms with E-state index >= 15 is 4.39 Å². The highest BCUT2D eigenvalue weighted by atomic mass is 19.2. The lowest BCUT2D eigenvalue weighted by Gasteiger charge is -2.26. The highest BCUT2D eigenvalue weighted by Gasteiger charge is 2.65. The molecule has 0 radical (unpaired) electrons. The van der Waals surface area contributed by atoms with Crippen LogP contribution in [-0.4, -0.2) is 65.9 Å². The van der Waals surface area contributed by atoms with E-state index in [2.05, 4.69) is 15.0 Å². The fourth-order valence-electron chi connectivity index (χ4n) is 2.92. The number of imidazole rings is 1. The largest absolute Gasteiger partial charge is 0.458 e. The number of alkyl halides is 1. The van der Waals surface area contributed by atoms with Gasteiger partial charge in [-0.1, -0.05) is 19.8 Å². The lowest BCUT2D eigenvalue weighted by atomic mass is 9.94. The minimum absolute atomic E-state index is 0.0413. The molecule has 12 heteroatoms. The Morgan fingerprint density at radius 1 is 1.52 bits per heavy atom. The molecule has 156 valence electrons. The van der Waals surface area contributed by atoms with Gasteiger partial charge in [0.25, 0.3) is 5.85 Å². The third-order valence-electron chi connectivity index (χ3n) is 4.78. The number of terminal acetylenes is 1. The van der Waals surface area contributed by atoms with Crippen molar-refractivity contribution >= 4 is 23.0 Å². The number of carbonyl (C=O) groups excluding carboxylic acids is 1. The number of ether oxygens (including phenoxy) is 2. The number of rotatable bonds is 5. The Morgan fingerprint density at radius 2 is 2.21 bits per heavy atom. The molecule has 1 fully saturated rings. The molecular weight excluding hydrogens is 387 g/mol. The number of aromatic nitrogens is 4. The van der Waals surface area contributed by atoms with E-state index in [-0.39, 0.29) is 22.9 Å². The molecule has 2 aromatic rings. The molecule has 11 nitrogen and oxygen atoms in total. The number of nitrogens with two attached hydrogens (primary N) is 2. The Kier molecular flexibility index (Phi) is 5.18. The SMILES string of the molecule is C#C[C@]1(O)[C@H](n2cnc3c(N)ncnc32)O[C@](F)(COC(=O)C(N)C(C)C)[C@H]1O. The van der Waals surface area contributed by atoms with Crippen LogP contribution < -0.4 is 11.5 Å². The first-order chi connectivity index (χ1) is 13.5. The van der Waals surface area contributed by atoms with E-state index in [9.17, 15) is 15.0 Å². The van der Waals surface area contributed by atoms with Crippen LogP contribution in [0.5, 0.6) is 0 Å². The second kappa shape index (κ2) is 7.20. The van der Waals surface area contributed by atoms with Crippen molar-refractivity contribution in [3.63, 3.8) is 0 Å². The third-order valence-corrected chi connectivity index (χ3v) is 4.78. The molecule has 0 bridgehead atoms. The summed E-state index contributed by atoms with van der Waals surface area (Å²) in [5.41, 5.74) is 9.10. The number of hydrogen-bond acceptors (Lipinski definition) is 10. The first-order valence-electron chi connectivity index (χ1n) is 8.65.